The van der Waals surface area contributed by atoms with Gasteiger partial charge in [-0.25, -0.2) is 0 Å². The van der Waals surface area contributed by atoms with Gasteiger partial charge in [0.2, 0.25) is 11.7 Å². The molecule has 1 aromatic carbocycles. The van der Waals surface area contributed by atoms with Crippen molar-refractivity contribution in [2.45, 2.75) is 19.9 Å². The molecule has 22 heavy (non-hydrogen) atoms. The molecular formula is C15H15N5OS. The van der Waals surface area contributed by atoms with Crippen LogP contribution >= 0.6 is 11.3 Å². The number of aryl methyl sites for hydroxylation is 2. The zero-order valence-corrected chi connectivity index (χ0v) is 12.9. The van der Waals surface area contributed by atoms with Crippen LogP contribution in [0.5, 0.6) is 0 Å². The Labute approximate surface area is 131 Å². The fourth-order valence-corrected chi connectivity index (χ4v) is 2.61. The first-order chi connectivity index (χ1) is 10.7. The largest absolute Gasteiger partial charge is 0.326 e. The van der Waals surface area contributed by atoms with Crippen LogP contribution in [0.2, 0.25) is 0 Å². The summed E-state index contributed by atoms with van der Waals surface area (Å²) in [7, 11) is 0. The first-order valence-corrected chi connectivity index (χ1v) is 7.82. The Bertz CT molecular complexity index is 766. The molecule has 0 saturated carbocycles. The second kappa shape index (κ2) is 6.48. The van der Waals surface area contributed by atoms with Gasteiger partial charge in [-0.05, 0) is 35.2 Å². The van der Waals surface area contributed by atoms with Crippen LogP contribution < -0.4 is 5.32 Å². The number of hydrogen-bond acceptors (Lipinski definition) is 5. The van der Waals surface area contributed by atoms with E-state index in [-0.39, 0.29) is 5.91 Å². The number of para-hydroxylation sites is 1. The summed E-state index contributed by atoms with van der Waals surface area (Å²) in [6.45, 7) is 2.36. The molecule has 0 aliphatic carbocycles. The number of tetrazole rings is 1. The Morgan fingerprint density at radius 2 is 2.18 bits per heavy atom. The van der Waals surface area contributed by atoms with Crippen molar-refractivity contribution >= 4 is 22.9 Å². The highest BCUT2D eigenvalue weighted by Crippen LogP contribution is 2.17. The van der Waals surface area contributed by atoms with Crippen LogP contribution in [0.1, 0.15) is 12.0 Å². The second-order valence-corrected chi connectivity index (χ2v) is 5.61. The Hall–Kier alpha value is -2.54. The molecule has 0 radical (unpaired) electrons. The molecule has 0 aliphatic heterocycles. The summed E-state index contributed by atoms with van der Waals surface area (Å²) in [5.74, 6) is 0.518. The highest BCUT2D eigenvalue weighted by molar-refractivity contribution is 7.08. The van der Waals surface area contributed by atoms with Gasteiger partial charge in [0.25, 0.3) is 0 Å². The lowest BCUT2D eigenvalue weighted by molar-refractivity contribution is -0.116. The van der Waals surface area contributed by atoms with Crippen LogP contribution in [0.3, 0.4) is 0 Å². The summed E-state index contributed by atoms with van der Waals surface area (Å²) in [4.78, 5) is 13.4. The summed E-state index contributed by atoms with van der Waals surface area (Å²) >= 11 is 1.58. The van der Waals surface area contributed by atoms with Crippen molar-refractivity contribution in [3.63, 3.8) is 0 Å². The minimum absolute atomic E-state index is 0.0660. The van der Waals surface area contributed by atoms with Gasteiger partial charge in [0.15, 0.2) is 0 Å². The maximum Gasteiger partial charge on any atom is 0.226 e. The fourth-order valence-electron chi connectivity index (χ4n) is 1.97. The number of carbonyl (C=O) groups is 1. The minimum Gasteiger partial charge on any atom is -0.326 e. The summed E-state index contributed by atoms with van der Waals surface area (Å²) in [5, 5.41) is 19.0. The van der Waals surface area contributed by atoms with Gasteiger partial charge in [0, 0.05) is 23.1 Å². The van der Waals surface area contributed by atoms with E-state index in [1.54, 1.807) is 11.3 Å². The van der Waals surface area contributed by atoms with E-state index in [0.717, 1.165) is 16.8 Å². The first kappa shape index (κ1) is 14.4. The van der Waals surface area contributed by atoms with Crippen molar-refractivity contribution < 1.29 is 4.79 Å². The molecule has 7 heteroatoms. The number of nitrogens with zero attached hydrogens (tertiary/aromatic N) is 4. The average molecular weight is 313 g/mol. The quantitative estimate of drug-likeness (QED) is 0.786. The van der Waals surface area contributed by atoms with Crippen molar-refractivity contribution in [1.29, 1.82) is 0 Å². The number of rotatable bonds is 5. The van der Waals surface area contributed by atoms with Crippen LogP contribution in [0.25, 0.3) is 11.4 Å². The van der Waals surface area contributed by atoms with Crippen LogP contribution in [0.15, 0.2) is 41.1 Å². The normalized spacial score (nSPS) is 10.6. The molecule has 2 aromatic heterocycles. The third kappa shape index (κ3) is 3.37. The van der Waals surface area contributed by atoms with Crippen molar-refractivity contribution in [3.05, 3.63) is 46.7 Å². The van der Waals surface area contributed by atoms with E-state index in [1.165, 1.54) is 4.80 Å². The number of aromatic nitrogens is 4. The first-order valence-electron chi connectivity index (χ1n) is 6.88. The monoisotopic (exact) mass is 313 g/mol. The SMILES string of the molecule is Cc1ccccc1NC(=O)CCn1nnc(-c2ccsc2)n1. The third-order valence-corrected chi connectivity index (χ3v) is 3.87. The third-order valence-electron chi connectivity index (χ3n) is 3.19. The van der Waals surface area contributed by atoms with Crippen LogP contribution in [0.4, 0.5) is 5.69 Å². The maximum absolute atomic E-state index is 12.0. The number of nitrogens with one attached hydrogen (secondary N) is 1. The molecule has 0 unspecified atom stereocenters. The lowest BCUT2D eigenvalue weighted by Crippen LogP contribution is -2.16. The van der Waals surface area contributed by atoms with Crippen molar-refractivity contribution in [2.75, 3.05) is 5.32 Å². The molecule has 112 valence electrons. The van der Waals surface area contributed by atoms with E-state index in [4.69, 9.17) is 0 Å². The van der Waals surface area contributed by atoms with E-state index in [0.29, 0.717) is 18.8 Å². The summed E-state index contributed by atoms with van der Waals surface area (Å²) < 4.78 is 0. The lowest BCUT2D eigenvalue weighted by atomic mass is 10.2. The Morgan fingerprint density at radius 1 is 1.32 bits per heavy atom. The van der Waals surface area contributed by atoms with E-state index >= 15 is 0 Å². The Balaban J connectivity index is 1.56. The van der Waals surface area contributed by atoms with Gasteiger partial charge >= 0.3 is 0 Å². The van der Waals surface area contributed by atoms with Crippen LogP contribution in [0, 0.1) is 6.92 Å². The second-order valence-electron chi connectivity index (χ2n) is 4.83. The van der Waals surface area contributed by atoms with Crippen LogP contribution in [-0.2, 0) is 11.3 Å². The number of carbonyl (C=O) groups excluding carboxylic acids is 1. The molecule has 0 fully saturated rings. The predicted octanol–water partition coefficient (Wildman–Crippen LogP) is 2.74. The number of anilines is 1. The predicted molar refractivity (Wildman–Crippen MR) is 85.6 cm³/mol. The zero-order valence-electron chi connectivity index (χ0n) is 12.1. The molecule has 0 bridgehead atoms. The van der Waals surface area contributed by atoms with E-state index < -0.39 is 0 Å². The fraction of sp³-hybridized carbons (Fsp3) is 0.200. The standard InChI is InChI=1S/C15H15N5OS/c1-11-4-2-3-5-13(11)16-14(21)6-8-20-18-15(17-19-20)12-7-9-22-10-12/h2-5,7,9-10H,6,8H2,1H3,(H,16,21). The number of thiophene rings is 1. The minimum atomic E-state index is -0.0660. The Kier molecular flexibility index (Phi) is 4.24. The molecule has 0 atom stereocenters. The van der Waals surface area contributed by atoms with Crippen molar-refractivity contribution in [3.8, 4) is 11.4 Å². The van der Waals surface area contributed by atoms with Gasteiger partial charge in [-0.1, -0.05) is 18.2 Å². The van der Waals surface area contributed by atoms with Gasteiger partial charge in [-0.3, -0.25) is 4.79 Å². The summed E-state index contributed by atoms with van der Waals surface area (Å²) in [6.07, 6.45) is 0.299. The van der Waals surface area contributed by atoms with Gasteiger partial charge in [0.05, 0.1) is 6.54 Å². The highest BCUT2D eigenvalue weighted by atomic mass is 32.1. The summed E-state index contributed by atoms with van der Waals surface area (Å²) in [6, 6.07) is 9.62. The van der Waals surface area contributed by atoms with Gasteiger partial charge in [-0.15, -0.1) is 10.2 Å². The maximum atomic E-state index is 12.0. The number of benzene rings is 1. The average Bonchev–Trinajstić information content (AvgIpc) is 3.18. The molecule has 0 saturated heterocycles. The van der Waals surface area contributed by atoms with E-state index in [9.17, 15) is 4.79 Å². The van der Waals surface area contributed by atoms with E-state index in [2.05, 4.69) is 20.7 Å². The lowest BCUT2D eigenvalue weighted by Gasteiger charge is -2.07. The molecule has 3 aromatic rings. The van der Waals surface area contributed by atoms with Crippen molar-refractivity contribution in [2.24, 2.45) is 0 Å². The molecule has 0 aliphatic rings. The van der Waals surface area contributed by atoms with Crippen molar-refractivity contribution in [1.82, 2.24) is 20.2 Å². The molecule has 1 amide bonds. The molecule has 1 N–H and O–H groups in total. The summed E-state index contributed by atoms with van der Waals surface area (Å²) in [5.41, 5.74) is 2.81. The Morgan fingerprint density at radius 3 is 2.95 bits per heavy atom. The smallest absolute Gasteiger partial charge is 0.226 e. The van der Waals surface area contributed by atoms with Gasteiger partial charge < -0.3 is 5.32 Å². The number of amides is 1. The topological polar surface area (TPSA) is 72.7 Å². The van der Waals surface area contributed by atoms with Gasteiger partial charge in [0.1, 0.15) is 0 Å². The van der Waals surface area contributed by atoms with Crippen LogP contribution in [-0.4, -0.2) is 26.1 Å². The van der Waals surface area contributed by atoms with Gasteiger partial charge in [-0.2, -0.15) is 16.1 Å². The van der Waals surface area contributed by atoms with E-state index in [1.807, 2.05) is 48.0 Å². The molecule has 2 heterocycles. The zero-order chi connectivity index (χ0) is 15.4. The molecule has 3 rings (SSSR count). The molecule has 6 nitrogen and oxygen atoms in total. The highest BCUT2D eigenvalue weighted by Gasteiger charge is 2.08. The number of hydrogen-bond donors (Lipinski definition) is 1. The molecular weight excluding hydrogens is 298 g/mol. The molecule has 0 spiro atoms.